The largest absolute Gasteiger partial charge is 0.497 e. The molecule has 4 fully saturated rings. The Morgan fingerprint density at radius 3 is 2.68 bits per heavy atom. The fraction of sp³-hybridized carbons (Fsp3) is 0.462. The van der Waals surface area contributed by atoms with Crippen LogP contribution in [0.4, 0.5) is 10.1 Å². The lowest BCUT2D eigenvalue weighted by Gasteiger charge is -2.61. The van der Waals surface area contributed by atoms with Gasteiger partial charge in [-0.3, -0.25) is 14.3 Å². The van der Waals surface area contributed by atoms with Gasteiger partial charge >= 0.3 is 0 Å². The Morgan fingerprint density at radius 1 is 1.16 bits per heavy atom. The number of halogens is 1. The molecular formula is C39H45FN8O2. The van der Waals surface area contributed by atoms with Crippen molar-refractivity contribution >= 4 is 22.5 Å². The number of anilines is 1. The van der Waals surface area contributed by atoms with E-state index in [0.717, 1.165) is 18.1 Å². The van der Waals surface area contributed by atoms with Crippen LogP contribution in [0.2, 0.25) is 0 Å². The second-order valence-electron chi connectivity index (χ2n) is 14.8. The van der Waals surface area contributed by atoms with E-state index in [9.17, 15) is 14.4 Å². The van der Waals surface area contributed by atoms with Crippen molar-refractivity contribution in [2.24, 2.45) is 28.2 Å². The molecule has 8 rings (SSSR count). The third kappa shape index (κ3) is 6.16. The normalized spacial score (nSPS) is 24.4. The van der Waals surface area contributed by atoms with Gasteiger partial charge in [0.05, 0.1) is 30.1 Å². The molecule has 2 aromatic heterocycles. The highest BCUT2D eigenvalue weighted by Crippen LogP contribution is 2.61. The van der Waals surface area contributed by atoms with Crippen molar-refractivity contribution in [3.05, 3.63) is 82.7 Å². The molecule has 1 N–H and O–H groups in total. The molecule has 0 amide bonds. The van der Waals surface area contributed by atoms with E-state index >= 15 is 0 Å². The highest BCUT2D eigenvalue weighted by molar-refractivity contribution is 5.96. The summed E-state index contributed by atoms with van der Waals surface area (Å²) in [5.74, 6) is 3.12. The summed E-state index contributed by atoms with van der Waals surface area (Å²) in [6.07, 6.45) is 8.33. The number of ether oxygens (including phenoxy) is 1. The van der Waals surface area contributed by atoms with Crippen molar-refractivity contribution in [1.29, 1.82) is 5.26 Å². The fourth-order valence-corrected chi connectivity index (χ4v) is 8.38. The van der Waals surface area contributed by atoms with E-state index in [1.807, 2.05) is 29.2 Å². The number of benzene rings is 2. The summed E-state index contributed by atoms with van der Waals surface area (Å²) in [4.78, 5) is 32.9. The first-order valence-corrected chi connectivity index (χ1v) is 17.6. The van der Waals surface area contributed by atoms with Crippen molar-refractivity contribution in [3.63, 3.8) is 0 Å². The lowest BCUT2D eigenvalue weighted by atomic mass is 9.45. The van der Waals surface area contributed by atoms with Crippen molar-refractivity contribution in [2.45, 2.75) is 65.6 Å². The lowest BCUT2D eigenvalue weighted by molar-refractivity contribution is -0.108. The van der Waals surface area contributed by atoms with Crippen LogP contribution in [0.15, 0.2) is 70.7 Å². The molecule has 1 aliphatic heterocycles. The van der Waals surface area contributed by atoms with Crippen LogP contribution in [0.3, 0.4) is 0 Å². The van der Waals surface area contributed by atoms with E-state index in [1.54, 1.807) is 35.2 Å². The Morgan fingerprint density at radius 2 is 2.00 bits per heavy atom. The third-order valence-corrected chi connectivity index (χ3v) is 11.7. The molecule has 5 atom stereocenters. The summed E-state index contributed by atoms with van der Waals surface area (Å²) in [5.41, 5.74) is 2.66. The second-order valence-corrected chi connectivity index (χ2v) is 14.8. The van der Waals surface area contributed by atoms with Crippen molar-refractivity contribution in [2.75, 3.05) is 32.1 Å². The molecular weight excluding hydrogens is 631 g/mol. The molecule has 3 aliphatic carbocycles. The van der Waals surface area contributed by atoms with Gasteiger partial charge in [0, 0.05) is 55.9 Å². The third-order valence-electron chi connectivity index (χ3n) is 11.7. The summed E-state index contributed by atoms with van der Waals surface area (Å²) in [6.45, 7) is 11.4. The van der Waals surface area contributed by atoms with Crippen LogP contribution in [0.25, 0.3) is 22.3 Å². The maximum Gasteiger partial charge on any atom is 0.261 e. The molecule has 4 aromatic rings. The number of aryl methyl sites for hydroxylation is 1. The number of aromatic nitrogens is 3. The molecule has 2 aromatic carbocycles. The predicted octanol–water partition coefficient (Wildman–Crippen LogP) is 6.17. The van der Waals surface area contributed by atoms with Gasteiger partial charge in [0.25, 0.3) is 5.56 Å². The van der Waals surface area contributed by atoms with E-state index in [-0.39, 0.29) is 30.0 Å². The Hall–Kier alpha value is -4.98. The number of rotatable bonds is 7. The molecule has 4 aliphatic rings. The van der Waals surface area contributed by atoms with Crippen LogP contribution >= 0.6 is 0 Å². The predicted molar refractivity (Wildman–Crippen MR) is 193 cm³/mol. The summed E-state index contributed by atoms with van der Waals surface area (Å²) >= 11 is 0. The fourth-order valence-electron chi connectivity index (χ4n) is 8.38. The Balaban J connectivity index is 1.23. The van der Waals surface area contributed by atoms with Gasteiger partial charge in [-0.25, -0.2) is 14.4 Å². The first kappa shape index (κ1) is 33.5. The number of nitrogens with one attached hydrogen (secondary N) is 1. The quantitative estimate of drug-likeness (QED) is 0.141. The minimum atomic E-state index is -0.381. The van der Waals surface area contributed by atoms with Gasteiger partial charge in [-0.05, 0) is 91.3 Å². The van der Waals surface area contributed by atoms with Gasteiger partial charge in [-0.15, -0.1) is 0 Å². The van der Waals surface area contributed by atoms with Crippen molar-refractivity contribution in [1.82, 2.24) is 24.3 Å². The number of hydrogen-bond donors (Lipinski definition) is 1. The summed E-state index contributed by atoms with van der Waals surface area (Å²) in [5, 5.41) is 13.7. The SMILES string of the molecule is COc1ccc(CCn2c(-c3cccnc3)nc3cc(NC(=NC4C[C@H]5C[C@@H]([C@@H]4C)C5(C)C)N4CCN(C#N)[C@@H](C)C4)ccc3c2=O)c(F)c1. The molecule has 1 saturated heterocycles. The first-order valence-electron chi connectivity index (χ1n) is 17.6. The number of piperazine rings is 1. The molecule has 11 heteroatoms. The topological polar surface area (TPSA) is 112 Å². The number of aliphatic imine (C=N–C) groups is 1. The average Bonchev–Trinajstić information content (AvgIpc) is 3.12. The molecule has 2 bridgehead atoms. The van der Waals surface area contributed by atoms with Crippen molar-refractivity contribution < 1.29 is 9.13 Å². The molecule has 10 nitrogen and oxygen atoms in total. The maximum atomic E-state index is 14.9. The molecule has 0 spiro atoms. The zero-order valence-electron chi connectivity index (χ0n) is 29.4. The van der Waals surface area contributed by atoms with Crippen LogP contribution < -0.4 is 15.6 Å². The number of fused-ring (bicyclic) bond motifs is 3. The minimum Gasteiger partial charge on any atom is -0.497 e. The maximum absolute atomic E-state index is 14.9. The standard InChI is InChI=1S/C39H45FN8O2/c1-24-22-46(15-16-47(24)23-41)38(45-34-18-28-17-32(25(34)2)39(28,3)4)43-29-9-11-31-35(19-29)44-36(27-7-6-13-42-21-27)48(37(31)49)14-12-26-8-10-30(50-5)20-33(26)40/h6-11,13,19-21,24-25,28,32,34H,12,14-18,22H2,1-5H3,(H,43,45)/t24-,25-,28+,32-,34?/m0/s1. The van der Waals surface area contributed by atoms with Crippen LogP contribution in [0, 0.1) is 40.4 Å². The highest BCUT2D eigenvalue weighted by Gasteiger charge is 2.56. The minimum absolute atomic E-state index is 0.0574. The second kappa shape index (κ2) is 13.4. The zero-order valence-corrected chi connectivity index (χ0v) is 29.4. The van der Waals surface area contributed by atoms with Gasteiger partial charge < -0.3 is 19.9 Å². The average molecular weight is 677 g/mol. The molecule has 0 radical (unpaired) electrons. The molecule has 3 heterocycles. The number of methoxy groups -OCH3 is 1. The monoisotopic (exact) mass is 676 g/mol. The first-order chi connectivity index (χ1) is 24.1. The Labute approximate surface area is 292 Å². The van der Waals surface area contributed by atoms with E-state index in [2.05, 4.69) is 49.1 Å². The molecule has 1 unspecified atom stereocenters. The van der Waals surface area contributed by atoms with Gasteiger partial charge in [-0.2, -0.15) is 5.26 Å². The van der Waals surface area contributed by atoms with Crippen LogP contribution in [0.5, 0.6) is 5.75 Å². The van der Waals surface area contributed by atoms with Crippen LogP contribution in [-0.4, -0.2) is 69.1 Å². The van der Waals surface area contributed by atoms with Crippen LogP contribution in [-0.2, 0) is 13.0 Å². The summed E-state index contributed by atoms with van der Waals surface area (Å²) < 4.78 is 21.6. The van der Waals surface area contributed by atoms with E-state index in [4.69, 9.17) is 14.7 Å². The lowest BCUT2D eigenvalue weighted by Crippen LogP contribution is -2.57. The number of guanidine groups is 1. The van der Waals surface area contributed by atoms with Crippen molar-refractivity contribution in [3.8, 4) is 23.3 Å². The summed E-state index contributed by atoms with van der Waals surface area (Å²) in [7, 11) is 1.50. The van der Waals surface area contributed by atoms with E-state index in [0.29, 0.717) is 82.8 Å². The Bertz CT molecular complexity index is 2020. The zero-order chi connectivity index (χ0) is 35.2. The number of nitriles is 1. The smallest absolute Gasteiger partial charge is 0.261 e. The Kier molecular flexibility index (Phi) is 8.97. The number of hydrogen-bond acceptors (Lipinski definition) is 7. The molecule has 3 saturated carbocycles. The molecule has 260 valence electrons. The van der Waals surface area contributed by atoms with Gasteiger partial charge in [0.1, 0.15) is 17.4 Å². The summed E-state index contributed by atoms with van der Waals surface area (Å²) in [6, 6.07) is 14.3. The van der Waals surface area contributed by atoms with Gasteiger partial charge in [0.2, 0.25) is 0 Å². The van der Waals surface area contributed by atoms with Gasteiger partial charge in [0.15, 0.2) is 12.2 Å². The highest BCUT2D eigenvalue weighted by atomic mass is 19.1. The molecule has 50 heavy (non-hydrogen) atoms. The number of pyridine rings is 1. The van der Waals surface area contributed by atoms with E-state index < -0.39 is 0 Å². The van der Waals surface area contributed by atoms with Crippen LogP contribution in [0.1, 0.15) is 46.1 Å². The van der Waals surface area contributed by atoms with E-state index in [1.165, 1.54) is 19.6 Å². The number of nitrogens with zero attached hydrogens (tertiary/aromatic N) is 7. The van der Waals surface area contributed by atoms with Gasteiger partial charge in [-0.1, -0.05) is 26.8 Å².